The molecule has 0 fully saturated rings. The third-order valence-electron chi connectivity index (χ3n) is 3.41. The van der Waals surface area contributed by atoms with Gasteiger partial charge in [-0.05, 0) is 22.8 Å². The van der Waals surface area contributed by atoms with Gasteiger partial charge in [-0.25, -0.2) is 9.78 Å². The highest BCUT2D eigenvalue weighted by Gasteiger charge is 2.10. The van der Waals surface area contributed by atoms with E-state index in [9.17, 15) is 4.79 Å². The van der Waals surface area contributed by atoms with E-state index in [1.165, 1.54) is 22.5 Å². The molecule has 0 amide bonds. The van der Waals surface area contributed by atoms with Gasteiger partial charge in [-0.3, -0.25) is 0 Å². The SMILES string of the molecule is O=C(O)c1nccn1CCc1cccc2ccccc12. The molecule has 0 aliphatic carbocycles. The van der Waals surface area contributed by atoms with Gasteiger partial charge in [0.2, 0.25) is 5.82 Å². The summed E-state index contributed by atoms with van der Waals surface area (Å²) in [5.41, 5.74) is 1.22. The maximum atomic E-state index is 11.0. The molecular weight excluding hydrogens is 252 g/mol. The average molecular weight is 266 g/mol. The fourth-order valence-corrected chi connectivity index (χ4v) is 2.44. The van der Waals surface area contributed by atoms with Crippen LogP contribution in [-0.4, -0.2) is 20.6 Å². The topological polar surface area (TPSA) is 55.1 Å². The molecule has 0 bridgehead atoms. The van der Waals surface area contributed by atoms with E-state index >= 15 is 0 Å². The summed E-state index contributed by atoms with van der Waals surface area (Å²) in [5.74, 6) is -0.904. The summed E-state index contributed by atoms with van der Waals surface area (Å²) < 4.78 is 1.67. The van der Waals surface area contributed by atoms with Crippen LogP contribution < -0.4 is 0 Å². The highest BCUT2D eigenvalue weighted by atomic mass is 16.4. The maximum absolute atomic E-state index is 11.0. The Morgan fingerprint density at radius 2 is 1.95 bits per heavy atom. The zero-order valence-corrected chi connectivity index (χ0v) is 10.9. The molecule has 0 atom stereocenters. The molecule has 0 aliphatic rings. The molecule has 20 heavy (non-hydrogen) atoms. The number of hydrogen-bond acceptors (Lipinski definition) is 2. The normalized spacial score (nSPS) is 10.8. The van der Waals surface area contributed by atoms with Crippen LogP contribution in [-0.2, 0) is 13.0 Å². The van der Waals surface area contributed by atoms with E-state index < -0.39 is 5.97 Å². The van der Waals surface area contributed by atoms with E-state index in [0.717, 1.165) is 6.42 Å². The molecule has 2 aromatic carbocycles. The first-order valence-electron chi connectivity index (χ1n) is 6.47. The number of carbonyl (C=O) groups is 1. The van der Waals surface area contributed by atoms with Gasteiger partial charge in [0, 0.05) is 18.9 Å². The molecule has 1 aromatic heterocycles. The number of fused-ring (bicyclic) bond motifs is 1. The summed E-state index contributed by atoms with van der Waals surface area (Å²) >= 11 is 0. The number of rotatable bonds is 4. The fraction of sp³-hybridized carbons (Fsp3) is 0.125. The lowest BCUT2D eigenvalue weighted by Gasteiger charge is -2.08. The highest BCUT2D eigenvalue weighted by molar-refractivity contribution is 5.85. The Balaban J connectivity index is 1.87. The Morgan fingerprint density at radius 3 is 2.80 bits per heavy atom. The van der Waals surface area contributed by atoms with Crippen molar-refractivity contribution in [1.82, 2.24) is 9.55 Å². The van der Waals surface area contributed by atoms with E-state index in [4.69, 9.17) is 5.11 Å². The van der Waals surface area contributed by atoms with Crippen molar-refractivity contribution in [3.8, 4) is 0 Å². The minimum Gasteiger partial charge on any atom is -0.475 e. The maximum Gasteiger partial charge on any atom is 0.372 e. The van der Waals surface area contributed by atoms with Crippen molar-refractivity contribution in [1.29, 1.82) is 0 Å². The molecule has 3 rings (SSSR count). The smallest absolute Gasteiger partial charge is 0.372 e. The van der Waals surface area contributed by atoms with Crippen molar-refractivity contribution < 1.29 is 9.90 Å². The first-order valence-corrected chi connectivity index (χ1v) is 6.47. The largest absolute Gasteiger partial charge is 0.475 e. The zero-order chi connectivity index (χ0) is 13.9. The van der Waals surface area contributed by atoms with Gasteiger partial charge in [0.05, 0.1) is 0 Å². The summed E-state index contributed by atoms with van der Waals surface area (Å²) in [7, 11) is 0. The number of imidazole rings is 1. The molecule has 0 aliphatic heterocycles. The summed E-state index contributed by atoms with van der Waals surface area (Å²) in [6.45, 7) is 0.607. The Bertz CT molecular complexity index is 757. The monoisotopic (exact) mass is 266 g/mol. The van der Waals surface area contributed by atoms with Crippen LogP contribution in [0.25, 0.3) is 10.8 Å². The van der Waals surface area contributed by atoms with Gasteiger partial charge in [-0.2, -0.15) is 0 Å². The number of nitrogens with zero attached hydrogens (tertiary/aromatic N) is 2. The summed E-state index contributed by atoms with van der Waals surface area (Å²) in [4.78, 5) is 14.9. The van der Waals surface area contributed by atoms with Crippen molar-refractivity contribution in [2.45, 2.75) is 13.0 Å². The van der Waals surface area contributed by atoms with Gasteiger partial charge in [0.1, 0.15) is 0 Å². The molecule has 1 N–H and O–H groups in total. The lowest BCUT2D eigenvalue weighted by molar-refractivity contribution is 0.0678. The third-order valence-corrected chi connectivity index (χ3v) is 3.41. The van der Waals surface area contributed by atoms with Gasteiger partial charge in [-0.1, -0.05) is 42.5 Å². The van der Waals surface area contributed by atoms with Crippen molar-refractivity contribution in [2.24, 2.45) is 0 Å². The molecule has 4 heteroatoms. The van der Waals surface area contributed by atoms with E-state index in [1.807, 2.05) is 18.2 Å². The van der Waals surface area contributed by atoms with E-state index in [-0.39, 0.29) is 5.82 Å². The van der Waals surface area contributed by atoms with Gasteiger partial charge >= 0.3 is 5.97 Å². The number of aromatic nitrogens is 2. The molecule has 0 radical (unpaired) electrons. The van der Waals surface area contributed by atoms with Gasteiger partial charge < -0.3 is 9.67 Å². The first-order chi connectivity index (χ1) is 9.75. The number of benzene rings is 2. The molecule has 0 saturated heterocycles. The molecule has 3 aromatic rings. The minimum atomic E-state index is -0.993. The van der Waals surface area contributed by atoms with Crippen LogP contribution in [0, 0.1) is 0 Å². The predicted octanol–water partition coefficient (Wildman–Crippen LogP) is 2.98. The fourth-order valence-electron chi connectivity index (χ4n) is 2.44. The lowest BCUT2D eigenvalue weighted by atomic mass is 10.0. The van der Waals surface area contributed by atoms with Crippen LogP contribution in [0.2, 0.25) is 0 Å². The van der Waals surface area contributed by atoms with Crippen molar-refractivity contribution in [3.63, 3.8) is 0 Å². The van der Waals surface area contributed by atoms with Crippen LogP contribution in [0.5, 0.6) is 0 Å². The third kappa shape index (κ3) is 2.28. The lowest BCUT2D eigenvalue weighted by Crippen LogP contribution is -2.10. The second kappa shape index (κ2) is 5.17. The van der Waals surface area contributed by atoms with Crippen molar-refractivity contribution >= 4 is 16.7 Å². The highest BCUT2D eigenvalue weighted by Crippen LogP contribution is 2.19. The molecule has 1 heterocycles. The van der Waals surface area contributed by atoms with Gasteiger partial charge in [0.25, 0.3) is 0 Å². The second-order valence-corrected chi connectivity index (χ2v) is 4.64. The van der Waals surface area contributed by atoms with Crippen molar-refractivity contribution in [3.05, 3.63) is 66.2 Å². The standard InChI is InChI=1S/C16H14N2O2/c19-16(20)15-17-9-11-18(15)10-8-13-6-3-5-12-4-1-2-7-14(12)13/h1-7,9,11H,8,10H2,(H,19,20). The summed E-state index contributed by atoms with van der Waals surface area (Å²) in [6.07, 6.45) is 4.00. The molecule has 0 unspecified atom stereocenters. The van der Waals surface area contributed by atoms with E-state index in [0.29, 0.717) is 6.54 Å². The number of hydrogen-bond donors (Lipinski definition) is 1. The molecule has 100 valence electrons. The summed E-state index contributed by atoms with van der Waals surface area (Å²) in [6, 6.07) is 14.4. The zero-order valence-electron chi connectivity index (χ0n) is 10.9. The Labute approximate surface area is 116 Å². The Kier molecular flexibility index (Phi) is 3.21. The molecule has 4 nitrogen and oxygen atoms in total. The van der Waals surface area contributed by atoms with E-state index in [1.54, 1.807) is 10.8 Å². The number of aromatic carboxylic acids is 1. The average Bonchev–Trinajstić information content (AvgIpc) is 2.93. The number of carboxylic acid groups (broad SMARTS) is 1. The minimum absolute atomic E-state index is 0.0882. The van der Waals surface area contributed by atoms with Crippen LogP contribution in [0.15, 0.2) is 54.9 Å². The second-order valence-electron chi connectivity index (χ2n) is 4.64. The first kappa shape index (κ1) is 12.4. The Morgan fingerprint density at radius 1 is 1.15 bits per heavy atom. The van der Waals surface area contributed by atoms with Crippen molar-refractivity contribution in [2.75, 3.05) is 0 Å². The molecule has 0 spiro atoms. The summed E-state index contributed by atoms with van der Waals surface area (Å²) in [5, 5.41) is 11.5. The van der Waals surface area contributed by atoms with E-state index in [2.05, 4.69) is 29.2 Å². The number of aryl methyl sites for hydroxylation is 2. The Hall–Kier alpha value is -2.62. The molecule has 0 saturated carbocycles. The van der Waals surface area contributed by atoms with Crippen LogP contribution in [0.1, 0.15) is 16.2 Å². The van der Waals surface area contributed by atoms with Crippen LogP contribution in [0.4, 0.5) is 0 Å². The van der Waals surface area contributed by atoms with Crippen LogP contribution >= 0.6 is 0 Å². The predicted molar refractivity (Wildman–Crippen MR) is 76.8 cm³/mol. The quantitative estimate of drug-likeness (QED) is 0.789. The van der Waals surface area contributed by atoms with Gasteiger partial charge in [-0.15, -0.1) is 0 Å². The molecular formula is C16H14N2O2. The number of carboxylic acids is 1. The van der Waals surface area contributed by atoms with Gasteiger partial charge in [0.15, 0.2) is 0 Å². The van der Waals surface area contributed by atoms with Crippen LogP contribution in [0.3, 0.4) is 0 Å².